The zero-order valence-corrected chi connectivity index (χ0v) is 12.1. The first-order valence-corrected chi connectivity index (χ1v) is 7.51. The Balaban J connectivity index is 2.48. The minimum Gasteiger partial charge on any atom is -0.478 e. The number of halogens is 2. The molecule has 22 heavy (non-hydrogen) atoms. The lowest BCUT2D eigenvalue weighted by Gasteiger charge is -2.12. The molecule has 0 saturated carbocycles. The van der Waals surface area contributed by atoms with E-state index in [9.17, 15) is 22.0 Å². The Hall–Kier alpha value is -2.48. The van der Waals surface area contributed by atoms with E-state index in [0.717, 1.165) is 6.07 Å². The second-order valence-corrected chi connectivity index (χ2v) is 6.11. The van der Waals surface area contributed by atoms with Crippen LogP contribution >= 0.6 is 0 Å². The van der Waals surface area contributed by atoms with E-state index in [1.165, 1.54) is 25.1 Å². The number of sulfonamides is 1. The molecular weight excluding hydrogens is 316 g/mol. The average molecular weight is 327 g/mol. The molecule has 0 aromatic heterocycles. The van der Waals surface area contributed by atoms with E-state index >= 15 is 0 Å². The predicted molar refractivity (Wildman–Crippen MR) is 75.3 cm³/mol. The normalized spacial score (nSPS) is 11.2. The van der Waals surface area contributed by atoms with Crippen LogP contribution in [0.4, 0.5) is 14.5 Å². The first-order valence-electron chi connectivity index (χ1n) is 6.03. The Kier molecular flexibility index (Phi) is 4.14. The molecule has 0 unspecified atom stereocenters. The van der Waals surface area contributed by atoms with Gasteiger partial charge < -0.3 is 5.11 Å². The van der Waals surface area contributed by atoms with Gasteiger partial charge in [0.25, 0.3) is 10.0 Å². The monoisotopic (exact) mass is 327 g/mol. The molecule has 0 radical (unpaired) electrons. The molecule has 0 amide bonds. The smallest absolute Gasteiger partial charge is 0.336 e. The van der Waals surface area contributed by atoms with Crippen LogP contribution in [0.1, 0.15) is 15.9 Å². The molecule has 0 saturated heterocycles. The number of carbonyl (C=O) groups is 1. The van der Waals surface area contributed by atoms with Crippen LogP contribution in [0.2, 0.25) is 0 Å². The maximum atomic E-state index is 13.6. The van der Waals surface area contributed by atoms with Crippen LogP contribution in [0.15, 0.2) is 41.3 Å². The SMILES string of the molecule is Cc1c(NS(=O)(=O)c2cc(F)ccc2F)cccc1C(=O)O. The van der Waals surface area contributed by atoms with Crippen molar-refractivity contribution in [1.29, 1.82) is 0 Å². The lowest BCUT2D eigenvalue weighted by molar-refractivity contribution is 0.0696. The first kappa shape index (κ1) is 15.9. The Morgan fingerprint density at radius 1 is 1.18 bits per heavy atom. The number of anilines is 1. The number of hydrogen-bond donors (Lipinski definition) is 2. The number of aromatic carboxylic acids is 1. The fraction of sp³-hybridized carbons (Fsp3) is 0.0714. The zero-order chi connectivity index (χ0) is 16.5. The van der Waals surface area contributed by atoms with E-state index in [-0.39, 0.29) is 16.8 Å². The fourth-order valence-corrected chi connectivity index (χ4v) is 3.07. The highest BCUT2D eigenvalue weighted by Gasteiger charge is 2.22. The lowest BCUT2D eigenvalue weighted by Crippen LogP contribution is -2.16. The summed E-state index contributed by atoms with van der Waals surface area (Å²) in [5.41, 5.74) is 0.0406. The van der Waals surface area contributed by atoms with Crippen LogP contribution in [-0.4, -0.2) is 19.5 Å². The maximum Gasteiger partial charge on any atom is 0.336 e. The van der Waals surface area contributed by atoms with E-state index in [4.69, 9.17) is 5.11 Å². The number of carboxylic acids is 1. The molecule has 0 aliphatic rings. The topological polar surface area (TPSA) is 83.5 Å². The lowest BCUT2D eigenvalue weighted by atomic mass is 10.1. The summed E-state index contributed by atoms with van der Waals surface area (Å²) in [7, 11) is -4.39. The van der Waals surface area contributed by atoms with Crippen molar-refractivity contribution < 1.29 is 27.1 Å². The standard InChI is InChI=1S/C14H11F2NO4S/c1-8-10(14(18)19)3-2-4-12(8)17-22(20,21)13-7-9(15)5-6-11(13)16/h2-7,17H,1H3,(H,18,19). The highest BCUT2D eigenvalue weighted by atomic mass is 32.2. The Bertz CT molecular complexity index is 850. The molecule has 0 atom stereocenters. The van der Waals surface area contributed by atoms with E-state index in [0.29, 0.717) is 12.1 Å². The number of carboxylic acid groups (broad SMARTS) is 1. The van der Waals surface area contributed by atoms with Gasteiger partial charge in [-0.2, -0.15) is 0 Å². The van der Waals surface area contributed by atoms with Crippen LogP contribution < -0.4 is 4.72 Å². The van der Waals surface area contributed by atoms with Gasteiger partial charge in [0.15, 0.2) is 0 Å². The van der Waals surface area contributed by atoms with E-state index in [1.54, 1.807) is 0 Å². The summed E-state index contributed by atoms with van der Waals surface area (Å²) in [5.74, 6) is -3.24. The molecule has 0 heterocycles. The van der Waals surface area contributed by atoms with Crippen LogP contribution in [0, 0.1) is 18.6 Å². The molecule has 2 rings (SSSR count). The van der Waals surface area contributed by atoms with Crippen LogP contribution in [0.5, 0.6) is 0 Å². The predicted octanol–water partition coefficient (Wildman–Crippen LogP) is 2.77. The molecule has 5 nitrogen and oxygen atoms in total. The molecular formula is C14H11F2NO4S. The van der Waals surface area contributed by atoms with Crippen LogP contribution in [-0.2, 0) is 10.0 Å². The summed E-state index contributed by atoms with van der Waals surface area (Å²) < 4.78 is 53.1. The summed E-state index contributed by atoms with van der Waals surface area (Å²) in [5, 5.41) is 9.00. The summed E-state index contributed by atoms with van der Waals surface area (Å²) in [6.45, 7) is 1.41. The maximum absolute atomic E-state index is 13.6. The quantitative estimate of drug-likeness (QED) is 0.904. The van der Waals surface area contributed by atoms with Crippen molar-refractivity contribution >= 4 is 21.7 Å². The number of nitrogens with one attached hydrogen (secondary N) is 1. The molecule has 8 heteroatoms. The van der Waals surface area contributed by atoms with Crippen molar-refractivity contribution in [2.75, 3.05) is 4.72 Å². The molecule has 0 spiro atoms. The second kappa shape index (κ2) is 5.72. The average Bonchev–Trinajstić information content (AvgIpc) is 2.43. The summed E-state index contributed by atoms with van der Waals surface area (Å²) in [6.07, 6.45) is 0. The van der Waals surface area contributed by atoms with Crippen LogP contribution in [0.25, 0.3) is 0 Å². The minimum atomic E-state index is -4.39. The third kappa shape index (κ3) is 3.06. The third-order valence-electron chi connectivity index (χ3n) is 2.99. The van der Waals surface area contributed by atoms with E-state index in [1.807, 2.05) is 0 Å². The number of hydrogen-bond acceptors (Lipinski definition) is 3. The van der Waals surface area contributed by atoms with E-state index in [2.05, 4.69) is 4.72 Å². The van der Waals surface area contributed by atoms with Gasteiger partial charge in [-0.3, -0.25) is 4.72 Å². The molecule has 2 aromatic rings. The summed E-state index contributed by atoms with van der Waals surface area (Å²) in [4.78, 5) is 10.2. The van der Waals surface area contributed by atoms with Crippen molar-refractivity contribution in [1.82, 2.24) is 0 Å². The van der Waals surface area contributed by atoms with Gasteiger partial charge in [0.2, 0.25) is 0 Å². The van der Waals surface area contributed by atoms with Gasteiger partial charge in [0, 0.05) is 0 Å². The number of rotatable bonds is 4. The van der Waals surface area contributed by atoms with E-state index < -0.39 is 32.5 Å². The van der Waals surface area contributed by atoms with Gasteiger partial charge in [-0.05, 0) is 42.8 Å². The first-order chi connectivity index (χ1) is 10.2. The fourth-order valence-electron chi connectivity index (χ4n) is 1.86. The largest absolute Gasteiger partial charge is 0.478 e. The summed E-state index contributed by atoms with van der Waals surface area (Å²) in [6, 6.07) is 6.02. The van der Waals surface area contributed by atoms with Crippen molar-refractivity contribution in [2.24, 2.45) is 0 Å². The van der Waals surface area contributed by atoms with Crippen LogP contribution in [0.3, 0.4) is 0 Å². The molecule has 0 aliphatic carbocycles. The molecule has 0 bridgehead atoms. The van der Waals surface area contributed by atoms with Crippen molar-refractivity contribution in [3.8, 4) is 0 Å². The Morgan fingerprint density at radius 2 is 1.86 bits per heavy atom. The number of benzene rings is 2. The minimum absolute atomic E-state index is 0.0245. The Labute approximate surface area is 125 Å². The van der Waals surface area contributed by atoms with Gasteiger partial charge in [-0.15, -0.1) is 0 Å². The molecule has 116 valence electrons. The van der Waals surface area contributed by atoms with Gasteiger partial charge >= 0.3 is 5.97 Å². The molecule has 2 N–H and O–H groups in total. The highest BCUT2D eigenvalue weighted by Crippen LogP contribution is 2.24. The van der Waals surface area contributed by atoms with Crippen molar-refractivity contribution in [2.45, 2.75) is 11.8 Å². The van der Waals surface area contributed by atoms with Crippen molar-refractivity contribution in [3.63, 3.8) is 0 Å². The summed E-state index contributed by atoms with van der Waals surface area (Å²) >= 11 is 0. The third-order valence-corrected chi connectivity index (χ3v) is 4.37. The molecule has 2 aromatic carbocycles. The van der Waals surface area contributed by atoms with Crippen molar-refractivity contribution in [3.05, 3.63) is 59.2 Å². The van der Waals surface area contributed by atoms with Gasteiger partial charge in [0.1, 0.15) is 16.5 Å². The zero-order valence-electron chi connectivity index (χ0n) is 11.3. The molecule has 0 aliphatic heterocycles. The van der Waals surface area contributed by atoms with Gasteiger partial charge in [-0.1, -0.05) is 6.07 Å². The Morgan fingerprint density at radius 3 is 2.50 bits per heavy atom. The van der Waals surface area contributed by atoms with Gasteiger partial charge in [-0.25, -0.2) is 22.0 Å². The highest BCUT2D eigenvalue weighted by molar-refractivity contribution is 7.92. The molecule has 0 fully saturated rings. The van der Waals surface area contributed by atoms with Gasteiger partial charge in [0.05, 0.1) is 11.3 Å². The second-order valence-electron chi connectivity index (χ2n) is 4.46.